The van der Waals surface area contributed by atoms with Crippen LogP contribution in [0.15, 0.2) is 40.2 Å². The third kappa shape index (κ3) is 4.72. The van der Waals surface area contributed by atoms with Gasteiger partial charge in [0.25, 0.3) is 5.91 Å². The van der Waals surface area contributed by atoms with Crippen molar-refractivity contribution in [2.75, 3.05) is 32.8 Å². The molecule has 7 heteroatoms. The van der Waals surface area contributed by atoms with Crippen molar-refractivity contribution in [3.63, 3.8) is 0 Å². The van der Waals surface area contributed by atoms with Crippen molar-refractivity contribution in [2.45, 2.75) is 6.54 Å². The summed E-state index contributed by atoms with van der Waals surface area (Å²) < 4.78 is 6.45. The number of amides is 1. The highest BCUT2D eigenvalue weighted by molar-refractivity contribution is 9.10. The highest BCUT2D eigenvalue weighted by atomic mass is 79.9. The summed E-state index contributed by atoms with van der Waals surface area (Å²) in [5.41, 5.74) is 0. The Hall–Kier alpha value is -1.08. The molecular formula is C17H18BrClN2O2S. The van der Waals surface area contributed by atoms with Crippen LogP contribution in [0, 0.1) is 0 Å². The van der Waals surface area contributed by atoms with Crippen LogP contribution in [0.25, 0.3) is 0 Å². The average molecular weight is 430 g/mol. The van der Waals surface area contributed by atoms with Crippen molar-refractivity contribution in [3.8, 4) is 5.75 Å². The molecule has 1 saturated heterocycles. The molecule has 0 atom stereocenters. The molecule has 24 heavy (non-hydrogen) atoms. The summed E-state index contributed by atoms with van der Waals surface area (Å²) >= 11 is 11.2. The van der Waals surface area contributed by atoms with Gasteiger partial charge in [0, 0.05) is 42.1 Å². The monoisotopic (exact) mass is 428 g/mol. The Bertz CT molecular complexity index is 688. The standard InChI is InChI=1S/C17H18BrClN2O2S/c18-13-3-4-16(15(19)10-13)23-12-17(22)21-7-5-20(6-8-21)11-14-2-1-9-24-14/h1-4,9-10H,5-8,11-12H2. The maximum Gasteiger partial charge on any atom is 0.260 e. The van der Waals surface area contributed by atoms with E-state index in [2.05, 4.69) is 38.3 Å². The van der Waals surface area contributed by atoms with Gasteiger partial charge in [-0.3, -0.25) is 9.69 Å². The summed E-state index contributed by atoms with van der Waals surface area (Å²) in [7, 11) is 0. The van der Waals surface area contributed by atoms with Crippen LogP contribution in [0.1, 0.15) is 4.88 Å². The van der Waals surface area contributed by atoms with E-state index in [1.165, 1.54) is 4.88 Å². The maximum atomic E-state index is 12.3. The fourth-order valence-corrected chi connectivity index (χ4v) is 4.08. The second-order valence-electron chi connectivity index (χ2n) is 5.60. The van der Waals surface area contributed by atoms with Crippen molar-refractivity contribution in [3.05, 3.63) is 50.1 Å². The first kappa shape index (κ1) is 17.7. The number of hydrogen-bond donors (Lipinski definition) is 0. The average Bonchev–Trinajstić information content (AvgIpc) is 3.07. The molecule has 1 amide bonds. The van der Waals surface area contributed by atoms with Gasteiger partial charge in [0.15, 0.2) is 6.61 Å². The number of halogens is 2. The number of piperazine rings is 1. The number of ether oxygens (including phenoxy) is 1. The van der Waals surface area contributed by atoms with Crippen LogP contribution in [-0.2, 0) is 11.3 Å². The van der Waals surface area contributed by atoms with Gasteiger partial charge in [0.05, 0.1) is 5.02 Å². The van der Waals surface area contributed by atoms with Gasteiger partial charge >= 0.3 is 0 Å². The summed E-state index contributed by atoms with van der Waals surface area (Å²) in [6, 6.07) is 9.58. The first-order valence-corrected chi connectivity index (χ1v) is 9.77. The first-order chi connectivity index (χ1) is 11.6. The van der Waals surface area contributed by atoms with Crippen molar-refractivity contribution in [2.24, 2.45) is 0 Å². The van der Waals surface area contributed by atoms with Crippen LogP contribution in [0.5, 0.6) is 5.75 Å². The van der Waals surface area contributed by atoms with Crippen LogP contribution >= 0.6 is 38.9 Å². The second-order valence-corrected chi connectivity index (χ2v) is 7.95. The summed E-state index contributed by atoms with van der Waals surface area (Å²) in [4.78, 5) is 17.9. The molecule has 0 saturated carbocycles. The van der Waals surface area contributed by atoms with E-state index in [1.54, 1.807) is 23.5 Å². The molecule has 2 heterocycles. The second kappa shape index (κ2) is 8.34. The highest BCUT2D eigenvalue weighted by Crippen LogP contribution is 2.27. The zero-order valence-electron chi connectivity index (χ0n) is 13.1. The molecule has 1 aliphatic rings. The summed E-state index contributed by atoms with van der Waals surface area (Å²) in [6.07, 6.45) is 0. The Kier molecular flexibility index (Phi) is 6.16. The molecular weight excluding hydrogens is 412 g/mol. The van der Waals surface area contributed by atoms with E-state index in [1.807, 2.05) is 11.0 Å². The molecule has 128 valence electrons. The zero-order valence-corrected chi connectivity index (χ0v) is 16.2. The minimum Gasteiger partial charge on any atom is -0.482 e. The van der Waals surface area contributed by atoms with E-state index in [-0.39, 0.29) is 12.5 Å². The number of thiophene rings is 1. The molecule has 0 aliphatic carbocycles. The summed E-state index contributed by atoms with van der Waals surface area (Å²) in [6.45, 7) is 4.24. The molecule has 1 aromatic heterocycles. The van der Waals surface area contributed by atoms with Crippen LogP contribution in [0.3, 0.4) is 0 Å². The lowest BCUT2D eigenvalue weighted by Gasteiger charge is -2.34. The molecule has 0 N–H and O–H groups in total. The van der Waals surface area contributed by atoms with Crippen molar-refractivity contribution in [1.29, 1.82) is 0 Å². The summed E-state index contributed by atoms with van der Waals surface area (Å²) in [5, 5.41) is 2.60. The van der Waals surface area contributed by atoms with Crippen molar-refractivity contribution >= 4 is 44.8 Å². The molecule has 0 spiro atoms. The van der Waals surface area contributed by atoms with E-state index in [9.17, 15) is 4.79 Å². The van der Waals surface area contributed by atoms with Gasteiger partial charge in [-0.1, -0.05) is 33.6 Å². The molecule has 0 unspecified atom stereocenters. The minimum atomic E-state index is 0.00441. The number of hydrogen-bond acceptors (Lipinski definition) is 4. The van der Waals surface area contributed by atoms with E-state index < -0.39 is 0 Å². The van der Waals surface area contributed by atoms with Crippen molar-refractivity contribution in [1.82, 2.24) is 9.80 Å². The zero-order chi connectivity index (χ0) is 16.9. The Morgan fingerprint density at radius 2 is 2.04 bits per heavy atom. The van der Waals surface area contributed by atoms with E-state index in [4.69, 9.17) is 16.3 Å². The van der Waals surface area contributed by atoms with E-state index in [0.29, 0.717) is 10.8 Å². The first-order valence-electron chi connectivity index (χ1n) is 7.72. The molecule has 4 nitrogen and oxygen atoms in total. The van der Waals surface area contributed by atoms with Gasteiger partial charge in [-0.2, -0.15) is 0 Å². The smallest absolute Gasteiger partial charge is 0.260 e. The van der Waals surface area contributed by atoms with E-state index in [0.717, 1.165) is 37.2 Å². The third-order valence-electron chi connectivity index (χ3n) is 3.93. The summed E-state index contributed by atoms with van der Waals surface area (Å²) in [5.74, 6) is 0.536. The van der Waals surface area contributed by atoms with Gasteiger partial charge in [-0.05, 0) is 29.6 Å². The van der Waals surface area contributed by atoms with Gasteiger partial charge in [0.2, 0.25) is 0 Å². The largest absolute Gasteiger partial charge is 0.482 e. The molecule has 3 rings (SSSR count). The Morgan fingerprint density at radius 3 is 2.71 bits per heavy atom. The Balaban J connectivity index is 1.45. The molecule has 1 fully saturated rings. The van der Waals surface area contributed by atoms with Crippen molar-refractivity contribution < 1.29 is 9.53 Å². The number of nitrogens with zero attached hydrogens (tertiary/aromatic N) is 2. The van der Waals surface area contributed by atoms with Gasteiger partial charge in [-0.15, -0.1) is 11.3 Å². The van der Waals surface area contributed by atoms with E-state index >= 15 is 0 Å². The van der Waals surface area contributed by atoms with Gasteiger partial charge in [0.1, 0.15) is 5.75 Å². The predicted octanol–water partition coefficient (Wildman–Crippen LogP) is 3.89. The van der Waals surface area contributed by atoms with Crippen LogP contribution in [0.4, 0.5) is 0 Å². The number of rotatable bonds is 5. The molecule has 1 aromatic carbocycles. The molecule has 0 bridgehead atoms. The Labute approximate surface area is 159 Å². The number of carbonyl (C=O) groups is 1. The quantitative estimate of drug-likeness (QED) is 0.723. The highest BCUT2D eigenvalue weighted by Gasteiger charge is 2.21. The maximum absolute atomic E-state index is 12.3. The third-order valence-corrected chi connectivity index (χ3v) is 5.58. The molecule has 1 aliphatic heterocycles. The predicted molar refractivity (Wildman–Crippen MR) is 101 cm³/mol. The lowest BCUT2D eigenvalue weighted by Crippen LogP contribution is -2.49. The topological polar surface area (TPSA) is 32.8 Å². The normalized spacial score (nSPS) is 15.5. The molecule has 2 aromatic rings. The fraction of sp³-hybridized carbons (Fsp3) is 0.353. The number of carbonyl (C=O) groups excluding carboxylic acids is 1. The van der Waals surface area contributed by atoms with Gasteiger partial charge in [-0.25, -0.2) is 0 Å². The lowest BCUT2D eigenvalue weighted by atomic mass is 10.3. The molecule has 0 radical (unpaired) electrons. The lowest BCUT2D eigenvalue weighted by molar-refractivity contribution is -0.135. The fourth-order valence-electron chi connectivity index (χ4n) is 2.60. The van der Waals surface area contributed by atoms with Crippen LogP contribution < -0.4 is 4.74 Å². The van der Waals surface area contributed by atoms with Crippen LogP contribution in [-0.4, -0.2) is 48.5 Å². The van der Waals surface area contributed by atoms with Gasteiger partial charge < -0.3 is 9.64 Å². The van der Waals surface area contributed by atoms with Crippen LogP contribution in [0.2, 0.25) is 5.02 Å². The SMILES string of the molecule is O=C(COc1ccc(Br)cc1Cl)N1CCN(Cc2cccs2)CC1. The minimum absolute atomic E-state index is 0.00441. The Morgan fingerprint density at radius 1 is 1.25 bits per heavy atom. The number of benzene rings is 1.